The Kier molecular flexibility index (Phi) is 6.84. The fraction of sp³-hybridized carbons (Fsp3) is 0.267. The number of sulfonamides is 1. The van der Waals surface area contributed by atoms with Crippen molar-refractivity contribution >= 4 is 49.3 Å². The highest BCUT2D eigenvalue weighted by Crippen LogP contribution is 2.33. The number of alkyl halides is 3. The summed E-state index contributed by atoms with van der Waals surface area (Å²) in [6.45, 7) is 1.05. The highest BCUT2D eigenvalue weighted by Gasteiger charge is 2.33. The first-order valence-electron chi connectivity index (χ1n) is 7.48. The molecule has 0 radical (unpaired) electrons. The van der Waals surface area contributed by atoms with Gasteiger partial charge in [0.05, 0.1) is 9.85 Å². The molecule has 1 aromatic carbocycles. The largest absolute Gasteiger partial charge is 0.443 e. The van der Waals surface area contributed by atoms with Gasteiger partial charge in [-0.15, -0.1) is 0 Å². The van der Waals surface area contributed by atoms with E-state index in [0.29, 0.717) is 0 Å². The smallest absolute Gasteiger partial charge is 0.345 e. The molecule has 0 spiro atoms. The number of nitrogens with one attached hydrogen (secondary N) is 2. The number of halogens is 5. The van der Waals surface area contributed by atoms with Crippen LogP contribution in [0.3, 0.4) is 0 Å². The normalized spacial score (nSPS) is 13.4. The Hall–Kier alpha value is -1.57. The zero-order valence-electron chi connectivity index (χ0n) is 14.3. The number of aryl methyl sites for hydroxylation is 1. The lowest BCUT2D eigenvalue weighted by atomic mass is 10.3. The quantitative estimate of drug-likeness (QED) is 0.460. The molecule has 1 atom stereocenters. The molecule has 0 aliphatic heterocycles. The van der Waals surface area contributed by atoms with Gasteiger partial charge in [-0.25, -0.2) is 12.8 Å². The van der Waals surface area contributed by atoms with Crippen LogP contribution in [-0.2, 0) is 17.1 Å². The van der Waals surface area contributed by atoms with E-state index in [0.717, 1.165) is 25.3 Å². The molecule has 0 bridgehead atoms. The van der Waals surface area contributed by atoms with Crippen LogP contribution in [0.5, 0.6) is 0 Å². The van der Waals surface area contributed by atoms with Crippen molar-refractivity contribution in [1.82, 2.24) is 9.29 Å². The average molecular weight is 504 g/mol. The number of nitrogens with zero attached hydrogens (tertiary/aromatic N) is 1. The maximum absolute atomic E-state index is 13.3. The first-order valence-corrected chi connectivity index (χ1v) is 10.6. The summed E-state index contributed by atoms with van der Waals surface area (Å²) in [5.74, 6) is -1.21. The van der Waals surface area contributed by atoms with Crippen molar-refractivity contribution in [3.8, 4) is 0 Å². The van der Waals surface area contributed by atoms with Crippen molar-refractivity contribution in [2.75, 3.05) is 5.32 Å². The van der Waals surface area contributed by atoms with E-state index >= 15 is 0 Å². The Morgan fingerprint density at radius 1 is 1.29 bits per heavy atom. The van der Waals surface area contributed by atoms with E-state index in [1.807, 2.05) is 4.72 Å². The van der Waals surface area contributed by atoms with Gasteiger partial charge < -0.3 is 9.88 Å². The first-order chi connectivity index (χ1) is 12.8. The molecule has 0 saturated heterocycles. The Labute approximate surface area is 170 Å². The molecule has 0 fully saturated rings. The van der Waals surface area contributed by atoms with Gasteiger partial charge in [0.15, 0.2) is 0 Å². The molecule has 13 heteroatoms. The molecular formula is C15H14BrF4N3O3S2. The van der Waals surface area contributed by atoms with E-state index in [1.165, 1.54) is 23.7 Å². The third-order valence-corrected chi connectivity index (χ3v) is 6.34. The highest BCUT2D eigenvalue weighted by atomic mass is 79.9. The topological polar surface area (TPSA) is 80.2 Å². The number of aromatic nitrogens is 1. The van der Waals surface area contributed by atoms with Crippen LogP contribution in [0.1, 0.15) is 17.4 Å². The first kappa shape index (κ1) is 22.7. The summed E-state index contributed by atoms with van der Waals surface area (Å²) in [4.78, 5) is 12.0. The minimum absolute atomic E-state index is 0.0584. The Bertz CT molecular complexity index is 993. The number of thioether (sulfide) groups is 1. The number of carbonyl (C=O) groups excluding carboxylic acids is 1. The van der Waals surface area contributed by atoms with Gasteiger partial charge in [0.25, 0.3) is 5.91 Å². The van der Waals surface area contributed by atoms with Crippen molar-refractivity contribution in [2.24, 2.45) is 7.05 Å². The van der Waals surface area contributed by atoms with E-state index in [9.17, 15) is 30.8 Å². The summed E-state index contributed by atoms with van der Waals surface area (Å²) in [7, 11) is -2.88. The van der Waals surface area contributed by atoms with E-state index < -0.39 is 44.4 Å². The van der Waals surface area contributed by atoms with Gasteiger partial charge in [0, 0.05) is 18.9 Å². The molecule has 1 aromatic heterocycles. The van der Waals surface area contributed by atoms with Gasteiger partial charge in [-0.05, 0) is 58.9 Å². The molecule has 0 saturated carbocycles. The van der Waals surface area contributed by atoms with Gasteiger partial charge in [-0.2, -0.15) is 17.9 Å². The lowest BCUT2D eigenvalue weighted by Crippen LogP contribution is -2.32. The summed E-state index contributed by atoms with van der Waals surface area (Å²) in [5, 5.41) is 1.02. The van der Waals surface area contributed by atoms with Crippen LogP contribution in [0, 0.1) is 5.82 Å². The molecule has 6 nitrogen and oxygen atoms in total. The lowest BCUT2D eigenvalue weighted by molar-refractivity contribution is -0.0333. The maximum atomic E-state index is 13.3. The molecule has 1 heterocycles. The second-order valence-electron chi connectivity index (χ2n) is 5.58. The SMILES string of the molecule is C[C@H](NS(=O)(=O)c1cc(C(=O)Nc2ccc(F)c(Br)c2)n(C)c1)SC(F)(F)F. The predicted octanol–water partition coefficient (Wildman–Crippen LogP) is 4.06. The van der Waals surface area contributed by atoms with Crippen LogP contribution < -0.4 is 10.0 Å². The van der Waals surface area contributed by atoms with E-state index in [4.69, 9.17) is 0 Å². The second kappa shape index (κ2) is 8.43. The monoisotopic (exact) mass is 503 g/mol. The zero-order valence-corrected chi connectivity index (χ0v) is 17.6. The van der Waals surface area contributed by atoms with Crippen molar-refractivity contribution in [3.05, 3.63) is 46.4 Å². The number of amides is 1. The van der Waals surface area contributed by atoms with Crippen molar-refractivity contribution in [2.45, 2.75) is 22.7 Å². The van der Waals surface area contributed by atoms with Gasteiger partial charge in [0.2, 0.25) is 10.0 Å². The molecule has 2 aromatic rings. The fourth-order valence-corrected chi connectivity index (χ4v) is 4.68. The average Bonchev–Trinajstić information content (AvgIpc) is 2.91. The Morgan fingerprint density at radius 3 is 2.50 bits per heavy atom. The van der Waals surface area contributed by atoms with Crippen molar-refractivity contribution in [3.63, 3.8) is 0 Å². The number of anilines is 1. The fourth-order valence-electron chi connectivity index (χ4n) is 2.19. The predicted molar refractivity (Wildman–Crippen MR) is 101 cm³/mol. The molecule has 2 rings (SSSR count). The Balaban J connectivity index is 2.19. The molecule has 0 aliphatic carbocycles. The molecule has 0 aliphatic rings. The minimum atomic E-state index is -4.60. The van der Waals surface area contributed by atoms with Crippen LogP contribution in [0.2, 0.25) is 0 Å². The number of hydrogen-bond donors (Lipinski definition) is 2. The van der Waals surface area contributed by atoms with Crippen LogP contribution in [0.15, 0.2) is 39.8 Å². The number of benzene rings is 1. The lowest BCUT2D eigenvalue weighted by Gasteiger charge is -2.14. The van der Waals surface area contributed by atoms with Gasteiger partial charge in [0.1, 0.15) is 16.4 Å². The van der Waals surface area contributed by atoms with E-state index in [1.54, 1.807) is 0 Å². The molecule has 28 heavy (non-hydrogen) atoms. The third-order valence-electron chi connectivity index (χ3n) is 3.33. The summed E-state index contributed by atoms with van der Waals surface area (Å²) < 4.78 is 78.1. The maximum Gasteiger partial charge on any atom is 0.443 e. The third kappa shape index (κ3) is 5.96. The van der Waals surface area contributed by atoms with Crippen LogP contribution in [0.4, 0.5) is 23.2 Å². The van der Waals surface area contributed by atoms with Crippen LogP contribution in [-0.4, -0.2) is 29.8 Å². The number of rotatable bonds is 6. The second-order valence-corrected chi connectivity index (χ2v) is 9.56. The van der Waals surface area contributed by atoms with E-state index in [-0.39, 0.29) is 20.7 Å². The van der Waals surface area contributed by atoms with E-state index in [2.05, 4.69) is 21.2 Å². The minimum Gasteiger partial charge on any atom is -0.345 e. The molecule has 154 valence electrons. The van der Waals surface area contributed by atoms with Gasteiger partial charge in [-0.1, -0.05) is 0 Å². The summed E-state index contributed by atoms with van der Waals surface area (Å²) in [6.07, 6.45) is 1.10. The Morgan fingerprint density at radius 2 is 1.93 bits per heavy atom. The molecule has 2 N–H and O–H groups in total. The summed E-state index contributed by atoms with van der Waals surface area (Å²) in [5.41, 5.74) is -4.40. The molecular weight excluding hydrogens is 490 g/mol. The van der Waals surface area contributed by atoms with Crippen molar-refractivity contribution in [1.29, 1.82) is 0 Å². The van der Waals surface area contributed by atoms with Gasteiger partial charge in [-0.3, -0.25) is 4.79 Å². The van der Waals surface area contributed by atoms with Crippen molar-refractivity contribution < 1.29 is 30.8 Å². The number of hydrogen-bond acceptors (Lipinski definition) is 4. The molecule has 0 unspecified atom stereocenters. The molecule has 1 amide bonds. The summed E-state index contributed by atoms with van der Waals surface area (Å²) >= 11 is 2.47. The summed E-state index contributed by atoms with van der Waals surface area (Å²) in [6, 6.07) is 4.80. The standard InChI is InChI=1S/C15H14BrF4N3O3S2/c1-8(27-15(18,19)20)22-28(25,26)10-6-13(23(2)7-10)14(24)21-9-3-4-12(17)11(16)5-9/h3-8,22H,1-2H3,(H,21,24)/t8-/m1/s1. The zero-order chi connectivity index (χ0) is 21.3. The van der Waals surface area contributed by atoms with Crippen LogP contribution in [0.25, 0.3) is 0 Å². The van der Waals surface area contributed by atoms with Gasteiger partial charge >= 0.3 is 5.51 Å². The highest BCUT2D eigenvalue weighted by molar-refractivity contribution is 9.10. The van der Waals surface area contributed by atoms with Crippen LogP contribution >= 0.6 is 27.7 Å². The number of carbonyl (C=O) groups is 1.